The summed E-state index contributed by atoms with van der Waals surface area (Å²) in [4.78, 5) is 2.39. The second-order valence-corrected chi connectivity index (χ2v) is 5.97. The molecule has 0 atom stereocenters. The van der Waals surface area contributed by atoms with Crippen LogP contribution in [0, 0.1) is 0 Å². The van der Waals surface area contributed by atoms with E-state index < -0.39 is 0 Å². The Bertz CT molecular complexity index is 340. The van der Waals surface area contributed by atoms with Gasteiger partial charge >= 0.3 is 0 Å². The summed E-state index contributed by atoms with van der Waals surface area (Å²) in [6.45, 7) is 9.03. The first-order chi connectivity index (χ1) is 7.47. The molecular weight excluding hydrogens is 198 g/mol. The Morgan fingerprint density at radius 1 is 1.25 bits per heavy atom. The van der Waals surface area contributed by atoms with Gasteiger partial charge < -0.3 is 4.90 Å². The maximum atomic E-state index is 4.73. The van der Waals surface area contributed by atoms with E-state index in [0.717, 1.165) is 0 Å². The molecule has 3 heteroatoms. The molecule has 90 valence electrons. The molecule has 1 aliphatic rings. The van der Waals surface area contributed by atoms with Crippen LogP contribution in [0.3, 0.4) is 0 Å². The van der Waals surface area contributed by atoms with Gasteiger partial charge in [0.2, 0.25) is 0 Å². The number of hydrogen-bond acceptors (Lipinski definition) is 2. The van der Waals surface area contributed by atoms with Gasteiger partial charge in [-0.05, 0) is 39.0 Å². The second kappa shape index (κ2) is 4.21. The molecule has 1 fully saturated rings. The van der Waals surface area contributed by atoms with Gasteiger partial charge in [0, 0.05) is 11.6 Å². The van der Waals surface area contributed by atoms with Crippen molar-refractivity contribution in [2.24, 2.45) is 0 Å². The van der Waals surface area contributed by atoms with E-state index in [-0.39, 0.29) is 5.41 Å². The first kappa shape index (κ1) is 11.6. The first-order valence-corrected chi connectivity index (χ1v) is 6.21. The lowest BCUT2D eigenvalue weighted by Crippen LogP contribution is -2.31. The van der Waals surface area contributed by atoms with Crippen molar-refractivity contribution >= 4 is 0 Å². The molecule has 16 heavy (non-hydrogen) atoms. The lowest BCUT2D eigenvalue weighted by atomic mass is 9.93. The van der Waals surface area contributed by atoms with Crippen LogP contribution in [0.1, 0.15) is 45.3 Å². The molecule has 0 aromatic carbocycles. The minimum Gasteiger partial charge on any atom is -0.306 e. The molecule has 0 unspecified atom stereocenters. The molecule has 0 amide bonds. The molecule has 2 heterocycles. The summed E-state index contributed by atoms with van der Waals surface area (Å²) in [6.07, 6.45) is 4.60. The topological polar surface area (TPSA) is 21.1 Å². The average molecular weight is 221 g/mol. The van der Waals surface area contributed by atoms with E-state index in [1.807, 2.05) is 0 Å². The zero-order valence-corrected chi connectivity index (χ0v) is 10.9. The van der Waals surface area contributed by atoms with Crippen LogP contribution in [0.25, 0.3) is 0 Å². The Balaban J connectivity index is 2.08. The highest BCUT2D eigenvalue weighted by molar-refractivity contribution is 5.10. The number of hydrogen-bond donors (Lipinski definition) is 0. The average Bonchev–Trinajstić information content (AvgIpc) is 2.67. The molecule has 2 rings (SSSR count). The Labute approximate surface area is 98.4 Å². The lowest BCUT2D eigenvalue weighted by Gasteiger charge is -2.29. The van der Waals surface area contributed by atoms with E-state index >= 15 is 0 Å². The molecule has 0 saturated carbocycles. The molecule has 0 N–H and O–H groups in total. The predicted octanol–water partition coefficient (Wildman–Crippen LogP) is 2.45. The third-order valence-electron chi connectivity index (χ3n) is 3.44. The van der Waals surface area contributed by atoms with Crippen molar-refractivity contribution in [2.75, 3.05) is 20.1 Å². The van der Waals surface area contributed by atoms with Gasteiger partial charge in [-0.3, -0.25) is 4.68 Å². The maximum absolute atomic E-state index is 4.73. The molecule has 1 saturated heterocycles. The van der Waals surface area contributed by atoms with Crippen LogP contribution < -0.4 is 0 Å². The SMILES string of the molecule is CN1CCC(n2ccc(C(C)(C)C)n2)CC1. The third-order valence-corrected chi connectivity index (χ3v) is 3.44. The zero-order chi connectivity index (χ0) is 11.8. The molecule has 0 aliphatic carbocycles. The van der Waals surface area contributed by atoms with Crippen molar-refractivity contribution in [3.05, 3.63) is 18.0 Å². The van der Waals surface area contributed by atoms with Gasteiger partial charge in [0.15, 0.2) is 0 Å². The van der Waals surface area contributed by atoms with Gasteiger partial charge in [-0.1, -0.05) is 20.8 Å². The van der Waals surface area contributed by atoms with Crippen LogP contribution in [-0.4, -0.2) is 34.8 Å². The van der Waals surface area contributed by atoms with Crippen LogP contribution >= 0.6 is 0 Å². The summed E-state index contributed by atoms with van der Waals surface area (Å²) in [5.74, 6) is 0. The summed E-state index contributed by atoms with van der Waals surface area (Å²) >= 11 is 0. The summed E-state index contributed by atoms with van der Waals surface area (Å²) in [6, 6.07) is 2.77. The van der Waals surface area contributed by atoms with Gasteiger partial charge in [-0.25, -0.2) is 0 Å². The minimum atomic E-state index is 0.163. The predicted molar refractivity (Wildman–Crippen MR) is 66.7 cm³/mol. The van der Waals surface area contributed by atoms with Gasteiger partial charge in [-0.2, -0.15) is 5.10 Å². The summed E-state index contributed by atoms with van der Waals surface area (Å²) in [5, 5.41) is 4.73. The van der Waals surface area contributed by atoms with Gasteiger partial charge in [-0.15, -0.1) is 0 Å². The smallest absolute Gasteiger partial charge is 0.0678 e. The third kappa shape index (κ3) is 2.46. The molecule has 0 radical (unpaired) electrons. The maximum Gasteiger partial charge on any atom is 0.0678 e. The highest BCUT2D eigenvalue weighted by Gasteiger charge is 2.21. The summed E-state index contributed by atoms with van der Waals surface area (Å²) in [5.41, 5.74) is 1.36. The van der Waals surface area contributed by atoms with Gasteiger partial charge in [0.25, 0.3) is 0 Å². The van der Waals surface area contributed by atoms with Gasteiger partial charge in [0.1, 0.15) is 0 Å². The highest BCUT2D eigenvalue weighted by atomic mass is 15.3. The standard InChI is InChI=1S/C13H23N3/c1-13(2,3)12-7-10-16(14-12)11-5-8-15(4)9-6-11/h7,10-11H,5-6,8-9H2,1-4H3. The van der Waals surface area contributed by atoms with E-state index in [4.69, 9.17) is 5.10 Å². The van der Waals surface area contributed by atoms with Crippen LogP contribution in [0.2, 0.25) is 0 Å². The largest absolute Gasteiger partial charge is 0.306 e. The monoisotopic (exact) mass is 221 g/mol. The van der Waals surface area contributed by atoms with E-state index in [0.29, 0.717) is 6.04 Å². The quantitative estimate of drug-likeness (QED) is 0.726. The number of nitrogens with zero attached hydrogens (tertiary/aromatic N) is 3. The minimum absolute atomic E-state index is 0.163. The fourth-order valence-electron chi connectivity index (χ4n) is 2.20. The fraction of sp³-hybridized carbons (Fsp3) is 0.769. The molecular formula is C13H23N3. The van der Waals surface area contributed by atoms with Crippen molar-refractivity contribution in [3.63, 3.8) is 0 Å². The zero-order valence-electron chi connectivity index (χ0n) is 10.9. The van der Waals surface area contributed by atoms with Crippen LogP contribution in [-0.2, 0) is 5.41 Å². The van der Waals surface area contributed by atoms with Crippen molar-refractivity contribution in [1.82, 2.24) is 14.7 Å². The lowest BCUT2D eigenvalue weighted by molar-refractivity contribution is 0.211. The molecule has 1 aromatic rings. The van der Waals surface area contributed by atoms with Crippen LogP contribution in [0.15, 0.2) is 12.3 Å². The summed E-state index contributed by atoms with van der Waals surface area (Å²) in [7, 11) is 2.19. The Hall–Kier alpha value is -0.830. The normalized spacial score (nSPS) is 20.2. The summed E-state index contributed by atoms with van der Waals surface area (Å²) < 4.78 is 2.17. The molecule has 1 aliphatic heterocycles. The van der Waals surface area contributed by atoms with Crippen molar-refractivity contribution in [1.29, 1.82) is 0 Å². The van der Waals surface area contributed by atoms with Crippen molar-refractivity contribution in [3.8, 4) is 0 Å². The number of likely N-dealkylation sites (tertiary alicyclic amines) is 1. The highest BCUT2D eigenvalue weighted by Crippen LogP contribution is 2.24. The van der Waals surface area contributed by atoms with Crippen LogP contribution in [0.4, 0.5) is 0 Å². The Morgan fingerprint density at radius 2 is 1.88 bits per heavy atom. The van der Waals surface area contributed by atoms with Gasteiger partial charge in [0.05, 0.1) is 11.7 Å². The van der Waals surface area contributed by atoms with E-state index in [9.17, 15) is 0 Å². The van der Waals surface area contributed by atoms with E-state index in [1.54, 1.807) is 0 Å². The second-order valence-electron chi connectivity index (χ2n) is 5.97. The van der Waals surface area contributed by atoms with E-state index in [1.165, 1.54) is 31.6 Å². The number of piperidine rings is 1. The molecule has 0 spiro atoms. The molecule has 0 bridgehead atoms. The fourth-order valence-corrected chi connectivity index (χ4v) is 2.20. The molecule has 3 nitrogen and oxygen atoms in total. The first-order valence-electron chi connectivity index (χ1n) is 6.21. The van der Waals surface area contributed by atoms with Crippen molar-refractivity contribution < 1.29 is 0 Å². The number of rotatable bonds is 1. The van der Waals surface area contributed by atoms with Crippen molar-refractivity contribution in [2.45, 2.75) is 45.1 Å². The van der Waals surface area contributed by atoms with E-state index in [2.05, 4.69) is 49.7 Å². The Kier molecular flexibility index (Phi) is 3.06. The Morgan fingerprint density at radius 3 is 2.38 bits per heavy atom. The molecule has 1 aromatic heterocycles. The van der Waals surface area contributed by atoms with Crippen LogP contribution in [0.5, 0.6) is 0 Å². The number of aromatic nitrogens is 2.